The van der Waals surface area contributed by atoms with Crippen molar-refractivity contribution in [2.24, 2.45) is 0 Å². The van der Waals surface area contributed by atoms with E-state index in [-0.39, 0.29) is 22.5 Å². The van der Waals surface area contributed by atoms with E-state index in [4.69, 9.17) is 0 Å². The van der Waals surface area contributed by atoms with Gasteiger partial charge in [0, 0.05) is 12.1 Å². The van der Waals surface area contributed by atoms with Crippen LogP contribution in [-0.4, -0.2) is 32.8 Å². The van der Waals surface area contributed by atoms with Gasteiger partial charge in [0.2, 0.25) is 5.91 Å². The van der Waals surface area contributed by atoms with E-state index in [1.54, 1.807) is 54.6 Å². The predicted molar refractivity (Wildman–Crippen MR) is 102 cm³/mol. The van der Waals surface area contributed by atoms with Gasteiger partial charge in [0.1, 0.15) is 6.04 Å². The molecule has 1 aliphatic rings. The van der Waals surface area contributed by atoms with Crippen molar-refractivity contribution < 1.29 is 18.0 Å². The van der Waals surface area contributed by atoms with Crippen LogP contribution >= 0.6 is 0 Å². The lowest BCUT2D eigenvalue weighted by Gasteiger charge is -2.15. The zero-order chi connectivity index (χ0) is 19.3. The molecule has 6 nitrogen and oxygen atoms in total. The van der Waals surface area contributed by atoms with Crippen LogP contribution in [0.15, 0.2) is 59.5 Å². The van der Waals surface area contributed by atoms with E-state index in [0.717, 1.165) is 12.8 Å². The summed E-state index contributed by atoms with van der Waals surface area (Å²) in [5, 5.41) is 5.53. The highest BCUT2D eigenvalue weighted by atomic mass is 32.2. The molecule has 1 saturated heterocycles. The molecule has 2 aromatic carbocycles. The van der Waals surface area contributed by atoms with Gasteiger partial charge in [-0.2, -0.15) is 0 Å². The van der Waals surface area contributed by atoms with E-state index in [9.17, 15) is 18.0 Å². The summed E-state index contributed by atoms with van der Waals surface area (Å²) in [6.45, 7) is 0.623. The van der Waals surface area contributed by atoms with Crippen molar-refractivity contribution in [1.29, 1.82) is 0 Å². The first-order valence-corrected chi connectivity index (χ1v) is 10.6. The molecule has 0 aliphatic carbocycles. The fourth-order valence-corrected chi connectivity index (χ4v) is 4.41. The van der Waals surface area contributed by atoms with Crippen LogP contribution < -0.4 is 10.6 Å². The maximum atomic E-state index is 12.5. The lowest BCUT2D eigenvalue weighted by atomic mass is 10.1. The number of carbonyl (C=O) groups is 2. The molecule has 1 aliphatic heterocycles. The molecule has 2 N–H and O–H groups in total. The van der Waals surface area contributed by atoms with Crippen LogP contribution in [0.3, 0.4) is 0 Å². The molecule has 0 saturated carbocycles. The highest BCUT2D eigenvalue weighted by Gasteiger charge is 2.23. The topological polar surface area (TPSA) is 92.3 Å². The third-order valence-corrected chi connectivity index (χ3v) is 6.19. The van der Waals surface area contributed by atoms with Gasteiger partial charge in [0.15, 0.2) is 9.84 Å². The average Bonchev–Trinajstić information content (AvgIpc) is 2.87. The molecule has 1 atom stereocenters. The van der Waals surface area contributed by atoms with Gasteiger partial charge in [-0.25, -0.2) is 8.42 Å². The summed E-state index contributed by atoms with van der Waals surface area (Å²) in [6, 6.07) is 14.2. The van der Waals surface area contributed by atoms with Crippen molar-refractivity contribution in [2.75, 3.05) is 6.54 Å². The number of carbonyl (C=O) groups excluding carboxylic acids is 2. The lowest BCUT2D eigenvalue weighted by Crippen LogP contribution is -2.45. The van der Waals surface area contributed by atoms with Gasteiger partial charge < -0.3 is 10.6 Å². The van der Waals surface area contributed by atoms with Crippen LogP contribution in [-0.2, 0) is 20.4 Å². The molecule has 2 amide bonds. The summed E-state index contributed by atoms with van der Waals surface area (Å²) < 4.78 is 25.1. The fraction of sp³-hybridized carbons (Fsp3) is 0.300. The molecule has 3 rings (SSSR count). The van der Waals surface area contributed by atoms with Gasteiger partial charge >= 0.3 is 0 Å². The Morgan fingerprint density at radius 3 is 2.63 bits per heavy atom. The second-order valence-corrected chi connectivity index (χ2v) is 8.57. The van der Waals surface area contributed by atoms with E-state index in [0.29, 0.717) is 24.1 Å². The molecule has 27 heavy (non-hydrogen) atoms. The molecule has 0 spiro atoms. The van der Waals surface area contributed by atoms with Crippen molar-refractivity contribution in [2.45, 2.75) is 36.0 Å². The second kappa shape index (κ2) is 8.35. The van der Waals surface area contributed by atoms with Gasteiger partial charge in [0.25, 0.3) is 5.91 Å². The molecule has 0 bridgehead atoms. The smallest absolute Gasteiger partial charge is 0.251 e. The minimum absolute atomic E-state index is 0.177. The van der Waals surface area contributed by atoms with Crippen molar-refractivity contribution in [3.63, 3.8) is 0 Å². The summed E-state index contributed by atoms with van der Waals surface area (Å²) in [5.74, 6) is -0.748. The minimum Gasteiger partial charge on any atom is -0.354 e. The molecule has 0 radical (unpaired) electrons. The summed E-state index contributed by atoms with van der Waals surface area (Å²) in [4.78, 5) is 24.8. The highest BCUT2D eigenvalue weighted by Crippen LogP contribution is 2.17. The number of nitrogens with one attached hydrogen (secondary N) is 2. The second-order valence-electron chi connectivity index (χ2n) is 6.59. The summed E-state index contributed by atoms with van der Waals surface area (Å²) in [7, 11) is -3.49. The number of amides is 2. The van der Waals surface area contributed by atoms with Crippen LogP contribution in [0.4, 0.5) is 0 Å². The van der Waals surface area contributed by atoms with Crippen molar-refractivity contribution in [3.05, 3.63) is 65.7 Å². The average molecular weight is 386 g/mol. The van der Waals surface area contributed by atoms with Crippen molar-refractivity contribution in [3.8, 4) is 0 Å². The maximum absolute atomic E-state index is 12.5. The van der Waals surface area contributed by atoms with Crippen LogP contribution in [0.25, 0.3) is 0 Å². The number of rotatable bonds is 5. The lowest BCUT2D eigenvalue weighted by molar-refractivity contribution is -0.122. The van der Waals surface area contributed by atoms with Gasteiger partial charge in [-0.05, 0) is 49.1 Å². The zero-order valence-electron chi connectivity index (χ0n) is 14.9. The Bertz CT molecular complexity index is 926. The summed E-state index contributed by atoms with van der Waals surface area (Å²) in [5.41, 5.74) is 0.865. The first-order chi connectivity index (χ1) is 13.0. The Balaban J connectivity index is 1.73. The normalized spacial score (nSPS) is 17.6. The van der Waals surface area contributed by atoms with E-state index >= 15 is 0 Å². The van der Waals surface area contributed by atoms with Gasteiger partial charge in [0.05, 0.1) is 10.6 Å². The largest absolute Gasteiger partial charge is 0.354 e. The maximum Gasteiger partial charge on any atom is 0.251 e. The Kier molecular flexibility index (Phi) is 5.91. The van der Waals surface area contributed by atoms with E-state index in [2.05, 4.69) is 10.6 Å². The molecule has 1 heterocycles. The predicted octanol–water partition coefficient (Wildman–Crippen LogP) is 2.06. The standard InChI is InChI=1S/C20H22N2O4S/c23-19(22-18-11-4-5-12-21-20(18)24)16-8-6-7-15(13-16)14-27(25,26)17-9-2-1-3-10-17/h1-3,6-10,13,18H,4-5,11-12,14H2,(H,21,24)(H,22,23). The van der Waals surface area contributed by atoms with Crippen molar-refractivity contribution in [1.82, 2.24) is 10.6 Å². The summed E-state index contributed by atoms with van der Waals surface area (Å²) >= 11 is 0. The monoisotopic (exact) mass is 386 g/mol. The summed E-state index contributed by atoms with van der Waals surface area (Å²) in [6.07, 6.45) is 2.35. The van der Waals surface area contributed by atoms with Gasteiger partial charge in [-0.15, -0.1) is 0 Å². The Hall–Kier alpha value is -2.67. The molecule has 0 aromatic heterocycles. The molecule has 142 valence electrons. The Morgan fingerprint density at radius 2 is 1.85 bits per heavy atom. The van der Waals surface area contributed by atoms with Gasteiger partial charge in [-0.3, -0.25) is 9.59 Å². The first-order valence-electron chi connectivity index (χ1n) is 8.91. The molecule has 2 aromatic rings. The highest BCUT2D eigenvalue weighted by molar-refractivity contribution is 7.90. The number of sulfone groups is 1. The Morgan fingerprint density at radius 1 is 1.07 bits per heavy atom. The van der Waals surface area contributed by atoms with Crippen LogP contribution in [0.2, 0.25) is 0 Å². The molecule has 7 heteroatoms. The third kappa shape index (κ3) is 4.95. The van der Waals surface area contributed by atoms with Crippen molar-refractivity contribution >= 4 is 21.7 Å². The zero-order valence-corrected chi connectivity index (χ0v) is 15.7. The van der Waals surface area contributed by atoms with Gasteiger partial charge in [-0.1, -0.05) is 30.3 Å². The number of hydrogen-bond acceptors (Lipinski definition) is 4. The SMILES string of the molecule is O=C(NC1CCCCNC1=O)c1cccc(CS(=O)(=O)c2ccccc2)c1. The van der Waals surface area contributed by atoms with Crippen LogP contribution in [0.1, 0.15) is 35.2 Å². The molecular weight excluding hydrogens is 364 g/mol. The number of hydrogen-bond donors (Lipinski definition) is 2. The third-order valence-electron chi connectivity index (χ3n) is 4.49. The molecule has 1 unspecified atom stereocenters. The fourth-order valence-electron chi connectivity index (χ4n) is 3.05. The van der Waals surface area contributed by atoms with E-state index in [1.165, 1.54) is 0 Å². The number of benzene rings is 2. The van der Waals surface area contributed by atoms with Crippen LogP contribution in [0, 0.1) is 0 Å². The molecular formula is C20H22N2O4S. The Labute approximate surface area is 158 Å². The minimum atomic E-state index is -3.49. The quantitative estimate of drug-likeness (QED) is 0.823. The first kappa shape index (κ1) is 19.1. The van der Waals surface area contributed by atoms with E-state index < -0.39 is 15.9 Å². The molecule has 1 fully saturated rings. The van der Waals surface area contributed by atoms with Crippen LogP contribution in [0.5, 0.6) is 0 Å². The van der Waals surface area contributed by atoms with E-state index in [1.807, 2.05) is 0 Å².